The highest BCUT2D eigenvalue weighted by atomic mass is 32.1. The van der Waals surface area contributed by atoms with E-state index in [1.807, 2.05) is 19.1 Å². The predicted molar refractivity (Wildman–Crippen MR) is 134 cm³/mol. The molecule has 7 heteroatoms. The molecule has 0 atom stereocenters. The van der Waals surface area contributed by atoms with Crippen molar-refractivity contribution in [1.29, 1.82) is 0 Å². The van der Waals surface area contributed by atoms with Crippen molar-refractivity contribution in [2.45, 2.75) is 40.0 Å². The van der Waals surface area contributed by atoms with Crippen LogP contribution in [0, 0.1) is 0 Å². The number of nitrogens with one attached hydrogen (secondary N) is 1. The van der Waals surface area contributed by atoms with E-state index in [9.17, 15) is 4.79 Å². The summed E-state index contributed by atoms with van der Waals surface area (Å²) in [6.07, 6.45) is 3.85. The van der Waals surface area contributed by atoms with Crippen LogP contribution in [0.5, 0.6) is 11.5 Å². The Labute approximate surface area is 196 Å². The van der Waals surface area contributed by atoms with Gasteiger partial charge < -0.3 is 24.6 Å². The van der Waals surface area contributed by atoms with Crippen molar-refractivity contribution in [1.82, 2.24) is 10.2 Å². The van der Waals surface area contributed by atoms with Crippen LogP contribution in [0.1, 0.15) is 49.7 Å². The number of amides is 1. The van der Waals surface area contributed by atoms with Crippen LogP contribution in [-0.4, -0.2) is 63.8 Å². The minimum atomic E-state index is -0.0112. The molecule has 32 heavy (non-hydrogen) atoms. The molecule has 2 aromatic rings. The van der Waals surface area contributed by atoms with Crippen molar-refractivity contribution >= 4 is 22.9 Å². The van der Waals surface area contributed by atoms with Gasteiger partial charge in [-0.3, -0.25) is 4.79 Å². The van der Waals surface area contributed by atoms with Crippen LogP contribution in [-0.2, 0) is 0 Å². The van der Waals surface area contributed by atoms with Gasteiger partial charge >= 0.3 is 0 Å². The van der Waals surface area contributed by atoms with Gasteiger partial charge in [-0.05, 0) is 71.0 Å². The number of carbonyl (C=O) groups excluding carboxylic acids is 1. The van der Waals surface area contributed by atoms with Gasteiger partial charge in [-0.2, -0.15) is 0 Å². The molecule has 176 valence electrons. The number of rotatable bonds is 11. The summed E-state index contributed by atoms with van der Waals surface area (Å²) in [5, 5.41) is 3.08. The van der Waals surface area contributed by atoms with Crippen molar-refractivity contribution in [2.24, 2.45) is 0 Å². The Morgan fingerprint density at radius 1 is 1.06 bits per heavy atom. The Morgan fingerprint density at radius 2 is 1.81 bits per heavy atom. The molecule has 0 spiro atoms. The number of benzene rings is 1. The molecule has 2 heterocycles. The number of carbonyl (C=O) groups is 1. The molecule has 1 saturated heterocycles. The van der Waals surface area contributed by atoms with Crippen LogP contribution < -0.4 is 19.7 Å². The number of anilines is 1. The molecule has 6 nitrogen and oxygen atoms in total. The van der Waals surface area contributed by atoms with E-state index in [4.69, 9.17) is 9.47 Å². The van der Waals surface area contributed by atoms with Crippen LogP contribution in [0.15, 0.2) is 24.3 Å². The van der Waals surface area contributed by atoms with Crippen molar-refractivity contribution in [3.8, 4) is 21.9 Å². The lowest BCUT2D eigenvalue weighted by atomic mass is 10.1. The molecule has 1 N–H and O–H groups in total. The van der Waals surface area contributed by atoms with Crippen molar-refractivity contribution in [2.75, 3.05) is 57.9 Å². The Hall–Kier alpha value is -2.25. The Balaban J connectivity index is 1.77. The van der Waals surface area contributed by atoms with Crippen LogP contribution >= 0.6 is 11.3 Å². The number of hydrogen-bond donors (Lipinski definition) is 1. The fraction of sp³-hybridized carbons (Fsp3) is 0.560. The van der Waals surface area contributed by atoms with Gasteiger partial charge in [0.2, 0.25) is 0 Å². The quantitative estimate of drug-likeness (QED) is 0.519. The first-order valence-electron chi connectivity index (χ1n) is 11.8. The second-order valence-corrected chi connectivity index (χ2v) is 9.01. The summed E-state index contributed by atoms with van der Waals surface area (Å²) in [5.41, 5.74) is 1.98. The number of likely N-dealkylation sites (tertiary alicyclic amines) is 1. The lowest BCUT2D eigenvalue weighted by molar-refractivity contribution is 0.0950. The second-order valence-electron chi connectivity index (χ2n) is 7.92. The Morgan fingerprint density at radius 3 is 2.47 bits per heavy atom. The number of ether oxygens (including phenoxy) is 2. The summed E-state index contributed by atoms with van der Waals surface area (Å²) < 4.78 is 11.8. The van der Waals surface area contributed by atoms with E-state index in [0.717, 1.165) is 60.4 Å². The summed E-state index contributed by atoms with van der Waals surface area (Å²) in [5.74, 6) is 1.47. The monoisotopic (exact) mass is 459 g/mol. The van der Waals surface area contributed by atoms with E-state index < -0.39 is 0 Å². The molecule has 0 unspecified atom stereocenters. The number of thiophene rings is 1. The molecule has 0 bridgehead atoms. The molecule has 1 aromatic carbocycles. The number of nitrogens with zero attached hydrogens (tertiary/aromatic N) is 2. The molecule has 0 radical (unpaired) electrons. The lowest BCUT2D eigenvalue weighted by Gasteiger charge is -2.26. The van der Waals surface area contributed by atoms with Crippen molar-refractivity contribution in [3.05, 3.63) is 29.1 Å². The average molecular weight is 460 g/mol. The van der Waals surface area contributed by atoms with Crippen molar-refractivity contribution in [3.63, 3.8) is 0 Å². The molecular formula is C25H37N3O3S. The van der Waals surface area contributed by atoms with E-state index in [1.165, 1.54) is 30.6 Å². The van der Waals surface area contributed by atoms with Gasteiger partial charge in [-0.25, -0.2) is 0 Å². The van der Waals surface area contributed by atoms with Crippen LogP contribution in [0.25, 0.3) is 10.4 Å². The second kappa shape index (κ2) is 12.1. The molecule has 1 aliphatic rings. The molecule has 1 aromatic heterocycles. The van der Waals surface area contributed by atoms with E-state index in [1.54, 1.807) is 7.11 Å². The first-order chi connectivity index (χ1) is 15.6. The third kappa shape index (κ3) is 5.75. The van der Waals surface area contributed by atoms with Gasteiger partial charge in [0, 0.05) is 36.6 Å². The zero-order chi connectivity index (χ0) is 22.9. The molecule has 1 aliphatic heterocycles. The van der Waals surface area contributed by atoms with Gasteiger partial charge in [-0.15, -0.1) is 11.3 Å². The van der Waals surface area contributed by atoms with Crippen molar-refractivity contribution < 1.29 is 14.3 Å². The van der Waals surface area contributed by atoms with E-state index in [2.05, 4.69) is 41.1 Å². The molecule has 0 aliphatic carbocycles. The van der Waals surface area contributed by atoms with E-state index in [0.29, 0.717) is 18.0 Å². The first-order valence-corrected chi connectivity index (χ1v) is 12.6. The van der Waals surface area contributed by atoms with E-state index in [-0.39, 0.29) is 5.91 Å². The molecule has 1 amide bonds. The van der Waals surface area contributed by atoms with Gasteiger partial charge in [0.25, 0.3) is 5.91 Å². The topological polar surface area (TPSA) is 54.0 Å². The SMILES string of the molecule is CCOc1c(-c2ccc(C(=O)NCCN3CCCCC3)s2)ccc(N(CC)CC)c1OC. The third-order valence-corrected chi connectivity index (χ3v) is 7.06. The minimum Gasteiger partial charge on any atom is -0.491 e. The number of piperidine rings is 1. The average Bonchev–Trinajstić information content (AvgIpc) is 3.31. The zero-order valence-corrected chi connectivity index (χ0v) is 20.7. The van der Waals surface area contributed by atoms with E-state index >= 15 is 0 Å². The maximum absolute atomic E-state index is 12.7. The fourth-order valence-electron chi connectivity index (χ4n) is 4.25. The molecular weight excluding hydrogens is 422 g/mol. The largest absolute Gasteiger partial charge is 0.491 e. The maximum atomic E-state index is 12.7. The van der Waals surface area contributed by atoms with Crippen LogP contribution in [0.2, 0.25) is 0 Å². The summed E-state index contributed by atoms with van der Waals surface area (Å²) in [6.45, 7) is 12.4. The summed E-state index contributed by atoms with van der Waals surface area (Å²) in [7, 11) is 1.68. The molecule has 0 saturated carbocycles. The summed E-state index contributed by atoms with van der Waals surface area (Å²) in [4.78, 5) is 19.1. The highest BCUT2D eigenvalue weighted by Gasteiger charge is 2.21. The van der Waals surface area contributed by atoms with Crippen LogP contribution in [0.3, 0.4) is 0 Å². The fourth-order valence-corrected chi connectivity index (χ4v) is 5.19. The van der Waals surface area contributed by atoms with Gasteiger partial charge in [-0.1, -0.05) is 6.42 Å². The molecule has 3 rings (SSSR count). The van der Waals surface area contributed by atoms with Gasteiger partial charge in [0.05, 0.1) is 24.3 Å². The molecule has 1 fully saturated rings. The summed E-state index contributed by atoms with van der Waals surface area (Å²) >= 11 is 1.49. The highest BCUT2D eigenvalue weighted by Crippen LogP contribution is 2.46. The first kappa shape index (κ1) is 24.4. The third-order valence-electron chi connectivity index (χ3n) is 5.95. The maximum Gasteiger partial charge on any atom is 0.261 e. The Kier molecular flexibility index (Phi) is 9.23. The standard InChI is InChI=1S/C25H37N3O3S/c1-5-28(6-2)20-12-11-19(23(31-7-3)24(20)30-4)21-13-14-22(32-21)25(29)26-15-18-27-16-9-8-10-17-27/h11-14H,5-10,15-18H2,1-4H3,(H,26,29). The lowest BCUT2D eigenvalue weighted by Crippen LogP contribution is -2.37. The number of hydrogen-bond acceptors (Lipinski definition) is 6. The predicted octanol–water partition coefficient (Wildman–Crippen LogP) is 4.88. The normalized spacial score (nSPS) is 14.2. The Bertz CT molecular complexity index is 873. The van der Waals surface area contributed by atoms with Gasteiger partial charge in [0.15, 0.2) is 11.5 Å². The zero-order valence-electron chi connectivity index (χ0n) is 19.9. The van der Waals surface area contributed by atoms with Gasteiger partial charge in [0.1, 0.15) is 0 Å². The highest BCUT2D eigenvalue weighted by molar-refractivity contribution is 7.17. The smallest absolute Gasteiger partial charge is 0.261 e. The summed E-state index contributed by atoms with van der Waals surface area (Å²) in [6, 6.07) is 8.06. The minimum absolute atomic E-state index is 0.0112. The van der Waals surface area contributed by atoms with Crippen LogP contribution in [0.4, 0.5) is 5.69 Å². The number of methoxy groups -OCH3 is 1.